The van der Waals surface area contributed by atoms with Crippen LogP contribution in [0.3, 0.4) is 0 Å². The van der Waals surface area contributed by atoms with E-state index in [-0.39, 0.29) is 0 Å². The van der Waals surface area contributed by atoms with E-state index < -0.39 is 0 Å². The van der Waals surface area contributed by atoms with Gasteiger partial charge in [-0.15, -0.1) is 11.3 Å². The molecule has 0 spiro atoms. The first kappa shape index (κ1) is 29.7. The first-order valence-corrected chi connectivity index (χ1v) is 19.1. The lowest BCUT2D eigenvalue weighted by Crippen LogP contribution is -2.04. The third-order valence-electron chi connectivity index (χ3n) is 11.2. The summed E-state index contributed by atoms with van der Waals surface area (Å²) in [6, 6.07) is 63.5. The first-order chi connectivity index (χ1) is 26.8. The van der Waals surface area contributed by atoms with Gasteiger partial charge in [0.2, 0.25) is 5.95 Å². The summed E-state index contributed by atoms with van der Waals surface area (Å²) in [6.07, 6.45) is 0. The number of hydrogen-bond donors (Lipinski definition) is 0. The molecular formula is C50H29N3S. The molecule has 0 saturated carbocycles. The van der Waals surface area contributed by atoms with Crippen molar-refractivity contribution in [2.24, 2.45) is 0 Å². The molecule has 0 aliphatic rings. The third-order valence-corrected chi connectivity index (χ3v) is 12.4. The minimum Gasteiger partial charge on any atom is -0.278 e. The molecule has 0 amide bonds. The molecule has 0 radical (unpaired) electrons. The van der Waals surface area contributed by atoms with E-state index in [4.69, 9.17) is 9.97 Å². The molecule has 250 valence electrons. The first-order valence-electron chi connectivity index (χ1n) is 18.3. The second-order valence-corrected chi connectivity index (χ2v) is 15.2. The summed E-state index contributed by atoms with van der Waals surface area (Å²) in [5, 5.41) is 13.2. The number of benzene rings is 9. The third kappa shape index (κ3) is 4.23. The summed E-state index contributed by atoms with van der Waals surface area (Å²) in [7, 11) is 0. The van der Waals surface area contributed by atoms with Crippen LogP contribution < -0.4 is 0 Å². The monoisotopic (exact) mass is 703 g/mol. The van der Waals surface area contributed by atoms with E-state index in [1.165, 1.54) is 63.6 Å². The molecule has 12 aromatic rings. The lowest BCUT2D eigenvalue weighted by atomic mass is 9.94. The van der Waals surface area contributed by atoms with Crippen LogP contribution in [0.4, 0.5) is 0 Å². The normalized spacial score (nSPS) is 12.1. The molecule has 9 aromatic carbocycles. The van der Waals surface area contributed by atoms with Crippen LogP contribution in [0.5, 0.6) is 0 Å². The minimum atomic E-state index is 0.666. The van der Waals surface area contributed by atoms with Gasteiger partial charge in [-0.25, -0.2) is 9.97 Å². The van der Waals surface area contributed by atoms with Gasteiger partial charge in [0, 0.05) is 52.7 Å². The largest absolute Gasteiger partial charge is 0.278 e. The standard InChI is InChI=1S/C50H29N3S/c1-2-12-30(13-3-1)31-22-24-32(25-23-31)47-46-38-18-6-4-14-34(38)35-15-5-7-19-39(35)48(46)52-50(51-47)53-43-20-10-8-16-36(43)42-28-33-26-27-40-37-17-9-11-21-45(37)54-49(40)41(33)29-44(42)53/h1-29H. The van der Waals surface area contributed by atoms with E-state index >= 15 is 0 Å². The van der Waals surface area contributed by atoms with Gasteiger partial charge in [-0.2, -0.15) is 0 Å². The van der Waals surface area contributed by atoms with Crippen molar-refractivity contribution in [1.82, 2.24) is 14.5 Å². The molecule has 0 unspecified atom stereocenters. The number of para-hydroxylation sites is 1. The van der Waals surface area contributed by atoms with Crippen LogP contribution in [0.1, 0.15) is 0 Å². The lowest BCUT2D eigenvalue weighted by Gasteiger charge is -2.16. The fourth-order valence-electron chi connectivity index (χ4n) is 8.71. The average Bonchev–Trinajstić information content (AvgIpc) is 3.79. The Kier molecular flexibility index (Phi) is 6.21. The summed E-state index contributed by atoms with van der Waals surface area (Å²) >= 11 is 1.87. The van der Waals surface area contributed by atoms with E-state index in [0.717, 1.165) is 44.0 Å². The quantitative estimate of drug-likeness (QED) is 0.172. The predicted octanol–water partition coefficient (Wildman–Crippen LogP) is 13.9. The molecule has 0 atom stereocenters. The summed E-state index contributed by atoms with van der Waals surface area (Å²) < 4.78 is 4.91. The molecule has 0 bridgehead atoms. The highest BCUT2D eigenvalue weighted by atomic mass is 32.1. The molecule has 3 aromatic heterocycles. The molecule has 54 heavy (non-hydrogen) atoms. The summed E-state index contributed by atoms with van der Waals surface area (Å²) in [5.41, 5.74) is 7.50. The second kappa shape index (κ2) is 11.3. The predicted molar refractivity (Wildman–Crippen MR) is 230 cm³/mol. The fraction of sp³-hybridized carbons (Fsp3) is 0. The highest BCUT2D eigenvalue weighted by molar-refractivity contribution is 7.26. The SMILES string of the molecule is c1ccc(-c2ccc(-c3nc(-n4c5ccccc5c5cc6ccc7c8ccccc8sc7c6cc54)nc4c5ccccc5c5ccccc5c34)cc2)cc1. The van der Waals surface area contributed by atoms with Crippen LogP contribution in [0, 0.1) is 0 Å². The second-order valence-electron chi connectivity index (χ2n) is 14.1. The van der Waals surface area contributed by atoms with Crippen LogP contribution in [0.25, 0.3) is 114 Å². The molecule has 0 N–H and O–H groups in total. The zero-order chi connectivity index (χ0) is 35.3. The molecule has 12 rings (SSSR count). The van der Waals surface area contributed by atoms with Crippen molar-refractivity contribution in [1.29, 1.82) is 0 Å². The topological polar surface area (TPSA) is 30.7 Å². The van der Waals surface area contributed by atoms with Gasteiger partial charge in [0.25, 0.3) is 0 Å². The van der Waals surface area contributed by atoms with E-state index in [0.29, 0.717) is 5.95 Å². The number of aromatic nitrogens is 3. The Morgan fingerprint density at radius 2 is 1.02 bits per heavy atom. The van der Waals surface area contributed by atoms with E-state index in [1.807, 2.05) is 11.3 Å². The van der Waals surface area contributed by atoms with Gasteiger partial charge in [0.05, 0.1) is 22.2 Å². The van der Waals surface area contributed by atoms with Crippen LogP contribution in [-0.2, 0) is 0 Å². The Morgan fingerprint density at radius 3 is 1.83 bits per heavy atom. The smallest absolute Gasteiger partial charge is 0.235 e. The van der Waals surface area contributed by atoms with Gasteiger partial charge in [-0.05, 0) is 56.9 Å². The number of fused-ring (bicyclic) bond motifs is 14. The van der Waals surface area contributed by atoms with Gasteiger partial charge in [0.15, 0.2) is 0 Å². The highest BCUT2D eigenvalue weighted by Gasteiger charge is 2.22. The van der Waals surface area contributed by atoms with Crippen molar-refractivity contribution >= 4 is 96.5 Å². The number of rotatable bonds is 3. The average molecular weight is 704 g/mol. The molecule has 4 heteroatoms. The number of thiophene rings is 1. The maximum absolute atomic E-state index is 5.60. The summed E-state index contributed by atoms with van der Waals surface area (Å²) in [4.78, 5) is 11.2. The van der Waals surface area contributed by atoms with Crippen molar-refractivity contribution in [3.63, 3.8) is 0 Å². The van der Waals surface area contributed by atoms with Crippen molar-refractivity contribution in [3.05, 3.63) is 176 Å². The molecule has 0 aliphatic carbocycles. The zero-order valence-corrected chi connectivity index (χ0v) is 29.8. The Balaban J connectivity index is 1.21. The Labute approximate surface area is 314 Å². The van der Waals surface area contributed by atoms with Gasteiger partial charge in [-0.3, -0.25) is 4.57 Å². The molecule has 3 heterocycles. The molecule has 3 nitrogen and oxygen atoms in total. The van der Waals surface area contributed by atoms with E-state index in [2.05, 4.69) is 180 Å². The summed E-state index contributed by atoms with van der Waals surface area (Å²) in [6.45, 7) is 0. The Morgan fingerprint density at radius 1 is 0.389 bits per heavy atom. The maximum Gasteiger partial charge on any atom is 0.235 e. The Hall–Kier alpha value is -6.88. The van der Waals surface area contributed by atoms with E-state index in [9.17, 15) is 0 Å². The fourth-order valence-corrected chi connectivity index (χ4v) is 9.93. The van der Waals surface area contributed by atoms with Gasteiger partial charge < -0.3 is 0 Å². The molecule has 0 saturated heterocycles. The van der Waals surface area contributed by atoms with E-state index in [1.54, 1.807) is 0 Å². The Bertz CT molecular complexity index is 3490. The maximum atomic E-state index is 5.60. The van der Waals surface area contributed by atoms with Crippen molar-refractivity contribution < 1.29 is 0 Å². The number of nitrogens with zero attached hydrogens (tertiary/aromatic N) is 3. The van der Waals surface area contributed by atoms with Gasteiger partial charge in [0.1, 0.15) is 0 Å². The van der Waals surface area contributed by atoms with Crippen molar-refractivity contribution in [2.75, 3.05) is 0 Å². The van der Waals surface area contributed by atoms with Crippen LogP contribution in [0.2, 0.25) is 0 Å². The summed E-state index contributed by atoms with van der Waals surface area (Å²) in [5.74, 6) is 0.666. The van der Waals surface area contributed by atoms with Crippen LogP contribution in [-0.4, -0.2) is 14.5 Å². The molecule has 0 aliphatic heterocycles. The molecular weight excluding hydrogens is 675 g/mol. The van der Waals surface area contributed by atoms with Crippen LogP contribution >= 0.6 is 11.3 Å². The number of hydrogen-bond acceptors (Lipinski definition) is 3. The van der Waals surface area contributed by atoms with Crippen molar-refractivity contribution in [2.45, 2.75) is 0 Å². The highest BCUT2D eigenvalue weighted by Crippen LogP contribution is 2.43. The van der Waals surface area contributed by atoms with Crippen molar-refractivity contribution in [3.8, 4) is 28.3 Å². The van der Waals surface area contributed by atoms with Gasteiger partial charge in [-0.1, -0.05) is 152 Å². The van der Waals surface area contributed by atoms with Crippen LogP contribution in [0.15, 0.2) is 176 Å². The zero-order valence-electron chi connectivity index (χ0n) is 29.0. The van der Waals surface area contributed by atoms with Gasteiger partial charge >= 0.3 is 0 Å². The minimum absolute atomic E-state index is 0.666. The molecule has 0 fully saturated rings. The lowest BCUT2D eigenvalue weighted by molar-refractivity contribution is 1.02.